The maximum absolute atomic E-state index is 13.6. The molecule has 3 nitrogen and oxygen atoms in total. The highest BCUT2D eigenvalue weighted by molar-refractivity contribution is 6.17. The van der Waals surface area contributed by atoms with Crippen molar-refractivity contribution in [3.05, 3.63) is 83.2 Å². The van der Waals surface area contributed by atoms with Crippen molar-refractivity contribution >= 4 is 27.7 Å². The zero-order valence-corrected chi connectivity index (χ0v) is 14.3. The van der Waals surface area contributed by atoms with Gasteiger partial charge in [-0.2, -0.15) is 13.2 Å². The van der Waals surface area contributed by atoms with Crippen LogP contribution in [0.5, 0.6) is 0 Å². The molecule has 4 aromatic rings. The lowest BCUT2D eigenvalue weighted by molar-refractivity contribution is -0.140. The van der Waals surface area contributed by atoms with E-state index in [1.807, 2.05) is 0 Å². The SMILES string of the molecule is NC(=O)c1cccc2c1c1[c]cccc1n2Cc1ccc(F)c(C(F)(F)F)c1. The Bertz CT molecular complexity index is 1220. The third-order valence-electron chi connectivity index (χ3n) is 4.65. The second kappa shape index (κ2) is 6.37. The van der Waals surface area contributed by atoms with Crippen molar-refractivity contribution < 1.29 is 22.4 Å². The van der Waals surface area contributed by atoms with Gasteiger partial charge in [-0.15, -0.1) is 0 Å². The Labute approximate surface area is 157 Å². The van der Waals surface area contributed by atoms with Crippen molar-refractivity contribution in [2.24, 2.45) is 5.73 Å². The molecular formula is C21H13F4N2O. The molecule has 0 aliphatic rings. The number of rotatable bonds is 3. The normalized spacial score (nSPS) is 12.0. The second-order valence-corrected chi connectivity index (χ2v) is 6.39. The molecule has 4 rings (SSSR count). The van der Waals surface area contributed by atoms with E-state index < -0.39 is 23.5 Å². The topological polar surface area (TPSA) is 48.0 Å². The van der Waals surface area contributed by atoms with Crippen LogP contribution < -0.4 is 5.73 Å². The predicted octanol–water partition coefficient (Wildman–Crippen LogP) is 4.90. The molecule has 0 bridgehead atoms. The highest BCUT2D eigenvalue weighted by Gasteiger charge is 2.34. The monoisotopic (exact) mass is 385 g/mol. The van der Waals surface area contributed by atoms with Gasteiger partial charge in [0, 0.05) is 22.9 Å². The summed E-state index contributed by atoms with van der Waals surface area (Å²) in [4.78, 5) is 11.9. The number of carbonyl (C=O) groups excluding carboxylic acids is 1. The van der Waals surface area contributed by atoms with E-state index in [1.165, 1.54) is 6.07 Å². The van der Waals surface area contributed by atoms with Gasteiger partial charge in [-0.1, -0.05) is 24.3 Å². The Balaban J connectivity index is 1.95. The van der Waals surface area contributed by atoms with Crippen LogP contribution in [0, 0.1) is 11.9 Å². The average Bonchev–Trinajstić information content (AvgIpc) is 2.96. The van der Waals surface area contributed by atoms with Gasteiger partial charge in [0.15, 0.2) is 0 Å². The molecule has 0 fully saturated rings. The molecule has 0 aliphatic carbocycles. The first kappa shape index (κ1) is 18.0. The Morgan fingerprint density at radius 1 is 1.07 bits per heavy atom. The van der Waals surface area contributed by atoms with Crippen LogP contribution in [0.15, 0.2) is 54.6 Å². The highest BCUT2D eigenvalue weighted by Crippen LogP contribution is 2.34. The van der Waals surface area contributed by atoms with Crippen LogP contribution in [-0.4, -0.2) is 10.5 Å². The summed E-state index contributed by atoms with van der Waals surface area (Å²) in [6.45, 7) is 0.0590. The van der Waals surface area contributed by atoms with Crippen molar-refractivity contribution in [2.75, 3.05) is 0 Å². The fraction of sp³-hybridized carbons (Fsp3) is 0.0952. The molecule has 3 aromatic carbocycles. The van der Waals surface area contributed by atoms with Gasteiger partial charge in [-0.25, -0.2) is 4.39 Å². The molecule has 0 spiro atoms. The number of hydrogen-bond acceptors (Lipinski definition) is 1. The fourth-order valence-electron chi connectivity index (χ4n) is 3.46. The smallest absolute Gasteiger partial charge is 0.366 e. The average molecular weight is 385 g/mol. The molecule has 0 saturated heterocycles. The summed E-state index contributed by atoms with van der Waals surface area (Å²) >= 11 is 0. The Hall–Kier alpha value is -3.35. The zero-order chi connectivity index (χ0) is 20.1. The number of benzene rings is 3. The van der Waals surface area contributed by atoms with E-state index in [-0.39, 0.29) is 12.1 Å². The molecule has 0 unspecified atom stereocenters. The van der Waals surface area contributed by atoms with E-state index >= 15 is 0 Å². The first-order valence-electron chi connectivity index (χ1n) is 8.34. The van der Waals surface area contributed by atoms with E-state index in [0.29, 0.717) is 27.4 Å². The lowest BCUT2D eigenvalue weighted by Crippen LogP contribution is -2.11. The molecule has 1 radical (unpaired) electrons. The molecular weight excluding hydrogens is 372 g/mol. The van der Waals surface area contributed by atoms with Crippen LogP contribution in [0.3, 0.4) is 0 Å². The van der Waals surface area contributed by atoms with E-state index in [4.69, 9.17) is 5.73 Å². The summed E-state index contributed by atoms with van der Waals surface area (Å²) in [5, 5.41) is 1.23. The maximum Gasteiger partial charge on any atom is 0.419 e. The number of primary amides is 1. The van der Waals surface area contributed by atoms with E-state index in [2.05, 4.69) is 6.07 Å². The third-order valence-corrected chi connectivity index (χ3v) is 4.65. The summed E-state index contributed by atoms with van der Waals surface area (Å²) < 4.78 is 54.5. The van der Waals surface area contributed by atoms with Gasteiger partial charge in [0.25, 0.3) is 0 Å². The minimum Gasteiger partial charge on any atom is -0.366 e. The van der Waals surface area contributed by atoms with Gasteiger partial charge in [0.05, 0.1) is 16.6 Å². The van der Waals surface area contributed by atoms with Crippen LogP contribution in [-0.2, 0) is 12.7 Å². The lowest BCUT2D eigenvalue weighted by Gasteiger charge is -2.12. The van der Waals surface area contributed by atoms with Gasteiger partial charge in [0.2, 0.25) is 5.91 Å². The van der Waals surface area contributed by atoms with E-state index in [1.54, 1.807) is 41.0 Å². The quantitative estimate of drug-likeness (QED) is 0.501. The molecule has 1 heterocycles. The van der Waals surface area contributed by atoms with Gasteiger partial charge in [0.1, 0.15) is 5.82 Å². The molecule has 1 amide bonds. The lowest BCUT2D eigenvalue weighted by atomic mass is 10.1. The number of alkyl halides is 3. The Kier molecular flexibility index (Phi) is 4.10. The molecule has 2 N–H and O–H groups in total. The number of halogens is 4. The number of hydrogen-bond donors (Lipinski definition) is 1. The Morgan fingerprint density at radius 3 is 2.54 bits per heavy atom. The maximum atomic E-state index is 13.6. The first-order valence-corrected chi connectivity index (χ1v) is 8.34. The molecule has 28 heavy (non-hydrogen) atoms. The van der Waals surface area contributed by atoms with Crippen LogP contribution >= 0.6 is 0 Å². The molecule has 1 aromatic heterocycles. The summed E-state index contributed by atoms with van der Waals surface area (Å²) in [5.41, 5.74) is 6.08. The van der Waals surface area contributed by atoms with Crippen molar-refractivity contribution in [1.29, 1.82) is 0 Å². The second-order valence-electron chi connectivity index (χ2n) is 6.39. The summed E-state index contributed by atoms with van der Waals surface area (Å²) in [5.74, 6) is -1.93. The number of nitrogens with zero attached hydrogens (tertiary/aromatic N) is 1. The molecule has 7 heteroatoms. The third kappa shape index (κ3) is 2.89. The predicted molar refractivity (Wildman–Crippen MR) is 97.3 cm³/mol. The summed E-state index contributed by atoms with van der Waals surface area (Å²) in [6, 6.07) is 16.2. The first-order chi connectivity index (χ1) is 13.3. The van der Waals surface area contributed by atoms with Gasteiger partial charge >= 0.3 is 6.18 Å². The number of carbonyl (C=O) groups is 1. The molecule has 0 saturated carbocycles. The van der Waals surface area contributed by atoms with Crippen LogP contribution in [0.25, 0.3) is 21.8 Å². The minimum absolute atomic E-state index is 0.0590. The summed E-state index contributed by atoms with van der Waals surface area (Å²) in [6.07, 6.45) is -4.78. The minimum atomic E-state index is -4.78. The Morgan fingerprint density at radius 2 is 1.82 bits per heavy atom. The van der Waals surface area contributed by atoms with Crippen LogP contribution in [0.2, 0.25) is 0 Å². The number of amides is 1. The van der Waals surface area contributed by atoms with E-state index in [0.717, 1.165) is 12.1 Å². The van der Waals surface area contributed by atoms with Crippen LogP contribution in [0.4, 0.5) is 17.6 Å². The fourth-order valence-corrected chi connectivity index (χ4v) is 3.46. The van der Waals surface area contributed by atoms with Crippen molar-refractivity contribution in [1.82, 2.24) is 4.57 Å². The number of fused-ring (bicyclic) bond motifs is 3. The molecule has 141 valence electrons. The summed E-state index contributed by atoms with van der Waals surface area (Å²) in [7, 11) is 0. The van der Waals surface area contributed by atoms with Gasteiger partial charge in [-0.3, -0.25) is 4.79 Å². The standard InChI is InChI=1S/C21H13F4N2O/c22-16-9-8-12(10-15(16)21(23,24)25)11-27-17-6-2-1-4-13(17)19-14(20(26)28)5-3-7-18(19)27/h1-3,5-10H,11H2,(H2,26,28). The highest BCUT2D eigenvalue weighted by atomic mass is 19.4. The zero-order valence-electron chi connectivity index (χ0n) is 14.3. The van der Waals surface area contributed by atoms with Crippen molar-refractivity contribution in [3.63, 3.8) is 0 Å². The van der Waals surface area contributed by atoms with Gasteiger partial charge < -0.3 is 10.3 Å². The van der Waals surface area contributed by atoms with Crippen LogP contribution in [0.1, 0.15) is 21.5 Å². The van der Waals surface area contributed by atoms with E-state index in [9.17, 15) is 22.4 Å². The number of nitrogens with two attached hydrogens (primary N) is 1. The van der Waals surface area contributed by atoms with Gasteiger partial charge in [-0.05, 0) is 42.0 Å². The molecule has 0 atom stereocenters. The number of aromatic nitrogens is 1. The molecule has 0 aliphatic heterocycles. The van der Waals surface area contributed by atoms with Crippen molar-refractivity contribution in [3.8, 4) is 0 Å². The largest absolute Gasteiger partial charge is 0.419 e. The van der Waals surface area contributed by atoms with Crippen molar-refractivity contribution in [2.45, 2.75) is 12.7 Å².